The standard InChI is InChI=1S/C24H33N3O3/c1-4-5-6-7-15-30-22-10-8-9-21(16-22)25-17-23(28)26-19-11-13-20(14-12-19)27-24(29)18(2)3/h8-14,16,18,25H,4-7,15,17H2,1-3H3,(H,26,28)(H,27,29). The van der Waals surface area contributed by atoms with Crippen molar-refractivity contribution in [2.75, 3.05) is 29.1 Å². The maximum absolute atomic E-state index is 12.2. The molecule has 3 N–H and O–H groups in total. The van der Waals surface area contributed by atoms with Crippen molar-refractivity contribution in [2.45, 2.75) is 46.5 Å². The fourth-order valence-electron chi connectivity index (χ4n) is 2.73. The minimum atomic E-state index is -0.153. The van der Waals surface area contributed by atoms with Gasteiger partial charge in [0.15, 0.2) is 0 Å². The Hall–Kier alpha value is -3.02. The molecule has 0 radical (unpaired) electrons. The average molecular weight is 412 g/mol. The minimum Gasteiger partial charge on any atom is -0.494 e. The molecular weight excluding hydrogens is 378 g/mol. The van der Waals surface area contributed by atoms with Gasteiger partial charge in [-0.25, -0.2) is 0 Å². The molecule has 0 saturated heterocycles. The first-order valence-corrected chi connectivity index (χ1v) is 10.7. The van der Waals surface area contributed by atoms with Gasteiger partial charge in [-0.15, -0.1) is 0 Å². The minimum absolute atomic E-state index is 0.0387. The topological polar surface area (TPSA) is 79.5 Å². The zero-order chi connectivity index (χ0) is 21.8. The van der Waals surface area contributed by atoms with Gasteiger partial charge in [-0.3, -0.25) is 9.59 Å². The fourth-order valence-corrected chi connectivity index (χ4v) is 2.73. The zero-order valence-electron chi connectivity index (χ0n) is 18.2. The van der Waals surface area contributed by atoms with Crippen molar-refractivity contribution < 1.29 is 14.3 Å². The van der Waals surface area contributed by atoms with Crippen LogP contribution in [0.4, 0.5) is 17.1 Å². The summed E-state index contributed by atoms with van der Waals surface area (Å²) < 4.78 is 5.78. The van der Waals surface area contributed by atoms with Crippen LogP contribution in [0, 0.1) is 5.92 Å². The Kier molecular flexibility index (Phi) is 9.71. The van der Waals surface area contributed by atoms with E-state index in [4.69, 9.17) is 4.74 Å². The number of hydrogen-bond donors (Lipinski definition) is 3. The molecule has 0 heterocycles. The van der Waals surface area contributed by atoms with Crippen molar-refractivity contribution in [1.29, 1.82) is 0 Å². The van der Waals surface area contributed by atoms with Crippen LogP contribution in [0.5, 0.6) is 5.75 Å². The van der Waals surface area contributed by atoms with E-state index in [2.05, 4.69) is 22.9 Å². The average Bonchev–Trinajstić information content (AvgIpc) is 2.74. The molecular formula is C24H33N3O3. The molecule has 2 amide bonds. The summed E-state index contributed by atoms with van der Waals surface area (Å²) in [5.41, 5.74) is 2.22. The van der Waals surface area contributed by atoms with Gasteiger partial charge in [-0.2, -0.15) is 0 Å². The van der Waals surface area contributed by atoms with Crippen molar-refractivity contribution >= 4 is 28.9 Å². The summed E-state index contributed by atoms with van der Waals surface area (Å²) in [5.74, 6) is 0.527. The monoisotopic (exact) mass is 411 g/mol. The van der Waals surface area contributed by atoms with E-state index in [-0.39, 0.29) is 24.3 Å². The van der Waals surface area contributed by atoms with Gasteiger partial charge in [-0.05, 0) is 42.8 Å². The summed E-state index contributed by atoms with van der Waals surface area (Å²) in [6.45, 7) is 6.72. The molecule has 2 rings (SSSR count). The molecule has 0 aromatic heterocycles. The second-order valence-corrected chi connectivity index (χ2v) is 7.56. The van der Waals surface area contributed by atoms with Crippen LogP contribution in [0.3, 0.4) is 0 Å². The zero-order valence-corrected chi connectivity index (χ0v) is 18.2. The Morgan fingerprint density at radius 1 is 0.900 bits per heavy atom. The van der Waals surface area contributed by atoms with Gasteiger partial charge >= 0.3 is 0 Å². The van der Waals surface area contributed by atoms with Crippen LogP contribution in [0.25, 0.3) is 0 Å². The lowest BCUT2D eigenvalue weighted by Gasteiger charge is -2.11. The van der Waals surface area contributed by atoms with Gasteiger partial charge in [0.1, 0.15) is 5.75 Å². The predicted octanol–water partition coefficient (Wildman–Crippen LogP) is 5.29. The molecule has 0 atom stereocenters. The van der Waals surface area contributed by atoms with E-state index in [0.717, 1.165) is 17.9 Å². The van der Waals surface area contributed by atoms with Gasteiger partial charge in [0.2, 0.25) is 11.8 Å². The Bertz CT molecular complexity index is 804. The van der Waals surface area contributed by atoms with E-state index >= 15 is 0 Å². The van der Waals surface area contributed by atoms with E-state index < -0.39 is 0 Å². The van der Waals surface area contributed by atoms with Crippen molar-refractivity contribution in [3.05, 3.63) is 48.5 Å². The number of rotatable bonds is 12. The number of amides is 2. The number of anilines is 3. The van der Waals surface area contributed by atoms with E-state index in [1.807, 2.05) is 38.1 Å². The number of carbonyl (C=O) groups is 2. The number of nitrogens with one attached hydrogen (secondary N) is 3. The Morgan fingerprint density at radius 3 is 2.27 bits per heavy atom. The highest BCUT2D eigenvalue weighted by atomic mass is 16.5. The van der Waals surface area contributed by atoms with Crippen molar-refractivity contribution in [3.63, 3.8) is 0 Å². The van der Waals surface area contributed by atoms with Crippen molar-refractivity contribution in [3.8, 4) is 5.75 Å². The highest BCUT2D eigenvalue weighted by Gasteiger charge is 2.07. The first-order valence-electron chi connectivity index (χ1n) is 10.7. The summed E-state index contributed by atoms with van der Waals surface area (Å²) >= 11 is 0. The lowest BCUT2D eigenvalue weighted by Crippen LogP contribution is -2.21. The molecule has 2 aromatic carbocycles. The molecule has 0 aliphatic heterocycles. The van der Waals surface area contributed by atoms with E-state index in [1.165, 1.54) is 19.3 Å². The third-order valence-corrected chi connectivity index (χ3v) is 4.51. The highest BCUT2D eigenvalue weighted by Crippen LogP contribution is 2.18. The lowest BCUT2D eigenvalue weighted by molar-refractivity contribution is -0.119. The fraction of sp³-hybridized carbons (Fsp3) is 0.417. The molecule has 0 aliphatic carbocycles. The van der Waals surface area contributed by atoms with Gasteiger partial charge in [0.05, 0.1) is 13.2 Å². The summed E-state index contributed by atoms with van der Waals surface area (Å²) in [4.78, 5) is 23.9. The third-order valence-electron chi connectivity index (χ3n) is 4.51. The van der Waals surface area contributed by atoms with Gasteiger partial charge < -0.3 is 20.7 Å². The highest BCUT2D eigenvalue weighted by molar-refractivity contribution is 5.95. The second kappa shape index (κ2) is 12.5. The van der Waals surface area contributed by atoms with Gasteiger partial charge in [-0.1, -0.05) is 46.1 Å². The quantitative estimate of drug-likeness (QED) is 0.415. The molecule has 162 valence electrons. The molecule has 0 unspecified atom stereocenters. The third kappa shape index (κ3) is 8.55. The largest absolute Gasteiger partial charge is 0.494 e. The van der Waals surface area contributed by atoms with Crippen LogP contribution in [-0.4, -0.2) is 25.0 Å². The summed E-state index contributed by atoms with van der Waals surface area (Å²) in [7, 11) is 0. The van der Waals surface area contributed by atoms with Crippen LogP contribution in [-0.2, 0) is 9.59 Å². The van der Waals surface area contributed by atoms with Crippen LogP contribution in [0.1, 0.15) is 46.5 Å². The number of benzene rings is 2. The number of unbranched alkanes of at least 4 members (excludes halogenated alkanes) is 3. The molecule has 0 saturated carbocycles. The first-order chi connectivity index (χ1) is 14.5. The molecule has 2 aromatic rings. The smallest absolute Gasteiger partial charge is 0.243 e. The van der Waals surface area contributed by atoms with Crippen LogP contribution in [0.15, 0.2) is 48.5 Å². The molecule has 0 aliphatic rings. The molecule has 30 heavy (non-hydrogen) atoms. The Labute approximate surface area is 179 Å². The lowest BCUT2D eigenvalue weighted by atomic mass is 10.2. The first kappa shape index (κ1) is 23.3. The van der Waals surface area contributed by atoms with E-state index in [0.29, 0.717) is 18.0 Å². The molecule has 6 heteroatoms. The van der Waals surface area contributed by atoms with Crippen LogP contribution >= 0.6 is 0 Å². The number of carbonyl (C=O) groups excluding carboxylic acids is 2. The van der Waals surface area contributed by atoms with Crippen molar-refractivity contribution in [1.82, 2.24) is 0 Å². The maximum atomic E-state index is 12.2. The van der Waals surface area contributed by atoms with Crippen LogP contribution in [0.2, 0.25) is 0 Å². The SMILES string of the molecule is CCCCCCOc1cccc(NCC(=O)Nc2ccc(NC(=O)C(C)C)cc2)c1. The normalized spacial score (nSPS) is 10.5. The van der Waals surface area contributed by atoms with Gasteiger partial charge in [0, 0.05) is 29.0 Å². The maximum Gasteiger partial charge on any atom is 0.243 e. The van der Waals surface area contributed by atoms with Gasteiger partial charge in [0.25, 0.3) is 0 Å². The molecule has 6 nitrogen and oxygen atoms in total. The Balaban J connectivity index is 1.76. The number of hydrogen-bond acceptors (Lipinski definition) is 4. The van der Waals surface area contributed by atoms with E-state index in [9.17, 15) is 9.59 Å². The summed E-state index contributed by atoms with van der Waals surface area (Å²) in [6.07, 6.45) is 4.67. The van der Waals surface area contributed by atoms with Crippen molar-refractivity contribution in [2.24, 2.45) is 5.92 Å². The molecule has 0 fully saturated rings. The van der Waals surface area contributed by atoms with Crippen LogP contribution < -0.4 is 20.7 Å². The number of ether oxygens (including phenoxy) is 1. The summed E-state index contributed by atoms with van der Waals surface area (Å²) in [6, 6.07) is 14.7. The summed E-state index contributed by atoms with van der Waals surface area (Å²) in [5, 5.41) is 8.78. The molecule has 0 bridgehead atoms. The van der Waals surface area contributed by atoms with E-state index in [1.54, 1.807) is 24.3 Å². The second-order valence-electron chi connectivity index (χ2n) is 7.56. The Morgan fingerprint density at radius 2 is 1.60 bits per heavy atom. The predicted molar refractivity (Wildman–Crippen MR) is 123 cm³/mol. The molecule has 0 spiro atoms.